The summed E-state index contributed by atoms with van der Waals surface area (Å²) in [5, 5.41) is 6.77. The maximum Gasteiger partial charge on any atom is 0.220 e. The lowest BCUT2D eigenvalue weighted by Gasteiger charge is -2.46. The Labute approximate surface area is 129 Å². The molecule has 0 aromatic rings. The van der Waals surface area contributed by atoms with E-state index in [2.05, 4.69) is 38.3 Å². The van der Waals surface area contributed by atoms with Gasteiger partial charge < -0.3 is 15.4 Å². The predicted octanol–water partition coefficient (Wildman–Crippen LogP) is 2.48. The van der Waals surface area contributed by atoms with E-state index in [1.54, 1.807) is 0 Å². The Balaban J connectivity index is 1.71. The van der Waals surface area contributed by atoms with Gasteiger partial charge in [-0.1, -0.05) is 0 Å². The molecule has 0 aromatic heterocycles. The predicted molar refractivity (Wildman–Crippen MR) is 85.2 cm³/mol. The van der Waals surface area contributed by atoms with Crippen molar-refractivity contribution in [2.45, 2.75) is 70.9 Å². The van der Waals surface area contributed by atoms with Gasteiger partial charge in [-0.3, -0.25) is 4.79 Å². The molecule has 0 radical (unpaired) electrons. The van der Waals surface area contributed by atoms with Crippen LogP contribution in [0.1, 0.15) is 59.8 Å². The zero-order valence-electron chi connectivity index (χ0n) is 14.1. The van der Waals surface area contributed by atoms with Gasteiger partial charge in [0.1, 0.15) is 0 Å². The second kappa shape index (κ2) is 6.66. The van der Waals surface area contributed by atoms with Gasteiger partial charge in [0.05, 0.1) is 0 Å². The Morgan fingerprint density at radius 3 is 2.43 bits per heavy atom. The molecule has 0 spiro atoms. The fraction of sp³-hybridized carbons (Fsp3) is 0.941. The van der Waals surface area contributed by atoms with Gasteiger partial charge in [0, 0.05) is 37.3 Å². The average Bonchev–Trinajstić information content (AvgIpc) is 2.77. The smallest absolute Gasteiger partial charge is 0.220 e. The van der Waals surface area contributed by atoms with Crippen LogP contribution in [0.5, 0.6) is 0 Å². The van der Waals surface area contributed by atoms with Crippen molar-refractivity contribution in [1.29, 1.82) is 0 Å². The molecular weight excluding hydrogens is 264 g/mol. The Kier molecular flexibility index (Phi) is 5.31. The van der Waals surface area contributed by atoms with Crippen molar-refractivity contribution in [3.8, 4) is 0 Å². The van der Waals surface area contributed by atoms with E-state index in [-0.39, 0.29) is 17.0 Å². The molecule has 0 aliphatic carbocycles. The zero-order valence-corrected chi connectivity index (χ0v) is 14.1. The van der Waals surface area contributed by atoms with Gasteiger partial charge in [0.2, 0.25) is 5.91 Å². The average molecular weight is 296 g/mol. The van der Waals surface area contributed by atoms with E-state index in [4.69, 9.17) is 4.74 Å². The molecule has 0 saturated carbocycles. The molecule has 4 nitrogen and oxygen atoms in total. The Morgan fingerprint density at radius 2 is 1.86 bits per heavy atom. The Morgan fingerprint density at radius 1 is 1.19 bits per heavy atom. The molecule has 2 aliphatic rings. The van der Waals surface area contributed by atoms with Crippen molar-refractivity contribution in [1.82, 2.24) is 10.6 Å². The summed E-state index contributed by atoms with van der Waals surface area (Å²) in [5.74, 6) is 1.33. The highest BCUT2D eigenvalue weighted by atomic mass is 16.5. The molecule has 2 heterocycles. The van der Waals surface area contributed by atoms with Crippen molar-refractivity contribution in [3.05, 3.63) is 0 Å². The molecule has 0 aromatic carbocycles. The number of piperidine rings is 1. The maximum absolute atomic E-state index is 12.1. The molecule has 4 heteroatoms. The van der Waals surface area contributed by atoms with Gasteiger partial charge >= 0.3 is 0 Å². The Bertz CT molecular complexity index is 344. The highest BCUT2D eigenvalue weighted by molar-refractivity contribution is 5.76. The first-order valence-corrected chi connectivity index (χ1v) is 8.40. The minimum Gasteiger partial charge on any atom is -0.381 e. The van der Waals surface area contributed by atoms with E-state index in [0.717, 1.165) is 45.4 Å². The van der Waals surface area contributed by atoms with Gasteiger partial charge in [0.25, 0.3) is 0 Å². The molecule has 2 fully saturated rings. The number of hydrogen-bond donors (Lipinski definition) is 2. The molecule has 122 valence electrons. The van der Waals surface area contributed by atoms with E-state index in [0.29, 0.717) is 18.3 Å². The molecule has 1 amide bonds. The van der Waals surface area contributed by atoms with Crippen molar-refractivity contribution >= 4 is 5.91 Å². The molecule has 2 aliphatic heterocycles. The number of ether oxygens (including phenoxy) is 1. The lowest BCUT2D eigenvalue weighted by molar-refractivity contribution is -0.122. The van der Waals surface area contributed by atoms with Crippen LogP contribution in [0.25, 0.3) is 0 Å². The standard InChI is InChI=1S/C17H32N2O2/c1-16(2)10-14(11-17(3,4)19-16)9-15(20)18-7-5-13-6-8-21-12-13/h13-14,19H,5-12H2,1-4H3,(H,18,20). The number of nitrogens with one attached hydrogen (secondary N) is 2. The highest BCUT2D eigenvalue weighted by Gasteiger charge is 2.38. The van der Waals surface area contributed by atoms with Crippen LogP contribution < -0.4 is 10.6 Å². The zero-order chi connectivity index (χ0) is 15.5. The van der Waals surface area contributed by atoms with Crippen LogP contribution in [-0.2, 0) is 9.53 Å². The summed E-state index contributed by atoms with van der Waals surface area (Å²) in [7, 11) is 0. The largest absolute Gasteiger partial charge is 0.381 e. The second-order valence-corrected chi connectivity index (χ2v) is 8.24. The van der Waals surface area contributed by atoms with Crippen LogP contribution in [-0.4, -0.2) is 36.7 Å². The van der Waals surface area contributed by atoms with Gasteiger partial charge in [0.15, 0.2) is 0 Å². The van der Waals surface area contributed by atoms with Crippen molar-refractivity contribution in [2.24, 2.45) is 11.8 Å². The lowest BCUT2D eigenvalue weighted by Crippen LogP contribution is -2.58. The second-order valence-electron chi connectivity index (χ2n) is 8.24. The summed E-state index contributed by atoms with van der Waals surface area (Å²) in [5.41, 5.74) is 0.238. The lowest BCUT2D eigenvalue weighted by atomic mass is 9.74. The molecule has 2 N–H and O–H groups in total. The third-order valence-electron chi connectivity index (χ3n) is 4.65. The monoisotopic (exact) mass is 296 g/mol. The van der Waals surface area contributed by atoms with Crippen LogP contribution >= 0.6 is 0 Å². The first-order chi connectivity index (χ1) is 9.76. The fourth-order valence-electron chi connectivity index (χ4n) is 4.24. The number of carbonyl (C=O) groups is 1. The van der Waals surface area contributed by atoms with Crippen molar-refractivity contribution in [3.63, 3.8) is 0 Å². The van der Waals surface area contributed by atoms with E-state index < -0.39 is 0 Å². The van der Waals surface area contributed by atoms with Gasteiger partial charge in [-0.05, 0) is 65.2 Å². The number of hydrogen-bond acceptors (Lipinski definition) is 3. The van der Waals surface area contributed by atoms with E-state index in [1.807, 2.05) is 0 Å². The first-order valence-electron chi connectivity index (χ1n) is 8.40. The number of amides is 1. The molecule has 0 bridgehead atoms. The van der Waals surface area contributed by atoms with Gasteiger partial charge in [-0.25, -0.2) is 0 Å². The summed E-state index contributed by atoms with van der Waals surface area (Å²) >= 11 is 0. The maximum atomic E-state index is 12.1. The molecular formula is C17H32N2O2. The van der Waals surface area contributed by atoms with E-state index >= 15 is 0 Å². The quantitative estimate of drug-likeness (QED) is 0.819. The van der Waals surface area contributed by atoms with Crippen LogP contribution in [0.3, 0.4) is 0 Å². The van der Waals surface area contributed by atoms with Crippen LogP contribution in [0.4, 0.5) is 0 Å². The summed E-state index contributed by atoms with van der Waals surface area (Å²) in [6.07, 6.45) is 5.00. The normalized spacial score (nSPS) is 28.5. The summed E-state index contributed by atoms with van der Waals surface area (Å²) in [6.45, 7) is 11.5. The van der Waals surface area contributed by atoms with E-state index in [9.17, 15) is 4.79 Å². The van der Waals surface area contributed by atoms with Crippen molar-refractivity contribution in [2.75, 3.05) is 19.8 Å². The minimum absolute atomic E-state index is 0.119. The minimum atomic E-state index is 0.119. The summed E-state index contributed by atoms with van der Waals surface area (Å²) < 4.78 is 5.36. The topological polar surface area (TPSA) is 50.4 Å². The molecule has 1 atom stereocenters. The molecule has 2 rings (SSSR count). The molecule has 2 saturated heterocycles. The SMILES string of the molecule is CC1(C)CC(CC(=O)NCCC2CCOC2)CC(C)(C)N1. The van der Waals surface area contributed by atoms with Gasteiger partial charge in [-0.2, -0.15) is 0 Å². The van der Waals surface area contributed by atoms with E-state index in [1.165, 1.54) is 0 Å². The number of rotatable bonds is 5. The van der Waals surface area contributed by atoms with Crippen molar-refractivity contribution < 1.29 is 9.53 Å². The third-order valence-corrected chi connectivity index (χ3v) is 4.65. The molecule has 21 heavy (non-hydrogen) atoms. The first kappa shape index (κ1) is 16.8. The van der Waals surface area contributed by atoms with Crippen LogP contribution in [0.2, 0.25) is 0 Å². The number of carbonyl (C=O) groups excluding carboxylic acids is 1. The van der Waals surface area contributed by atoms with Crippen LogP contribution in [0.15, 0.2) is 0 Å². The third kappa shape index (κ3) is 5.59. The summed E-state index contributed by atoms with van der Waals surface area (Å²) in [4.78, 5) is 12.1. The van der Waals surface area contributed by atoms with Gasteiger partial charge in [-0.15, -0.1) is 0 Å². The van der Waals surface area contributed by atoms with Crippen LogP contribution in [0, 0.1) is 11.8 Å². The summed E-state index contributed by atoms with van der Waals surface area (Å²) in [6, 6.07) is 0. The molecule has 1 unspecified atom stereocenters. The Hall–Kier alpha value is -0.610. The highest BCUT2D eigenvalue weighted by Crippen LogP contribution is 2.34. The fourth-order valence-corrected chi connectivity index (χ4v) is 4.24.